The van der Waals surface area contributed by atoms with Crippen molar-refractivity contribution in [3.05, 3.63) is 71.3 Å². The van der Waals surface area contributed by atoms with Gasteiger partial charge < -0.3 is 9.64 Å². The van der Waals surface area contributed by atoms with E-state index in [0.717, 1.165) is 36.2 Å². The molecule has 2 bridgehead atoms. The maximum absolute atomic E-state index is 13.6. The smallest absolute Gasteiger partial charge is 0.417 e. The van der Waals surface area contributed by atoms with Crippen LogP contribution in [0.4, 0.5) is 13.2 Å². The highest BCUT2D eigenvalue weighted by Crippen LogP contribution is 2.41. The number of aromatic nitrogens is 3. The number of hydrogen-bond acceptors (Lipinski definition) is 5. The lowest BCUT2D eigenvalue weighted by molar-refractivity contribution is -0.137. The minimum absolute atomic E-state index is 0.121. The van der Waals surface area contributed by atoms with E-state index in [0.29, 0.717) is 23.5 Å². The highest BCUT2D eigenvalue weighted by Gasteiger charge is 2.49. The van der Waals surface area contributed by atoms with E-state index in [4.69, 9.17) is 4.74 Å². The quantitative estimate of drug-likeness (QED) is 0.547. The Balaban J connectivity index is 1.39. The highest BCUT2D eigenvalue weighted by molar-refractivity contribution is 5.99. The Hall–Kier alpha value is -3.49. The molecule has 176 valence electrons. The third-order valence-corrected chi connectivity index (χ3v) is 6.51. The van der Waals surface area contributed by atoms with Gasteiger partial charge in [0.1, 0.15) is 11.8 Å². The third kappa shape index (κ3) is 4.10. The number of halogens is 3. The van der Waals surface area contributed by atoms with E-state index >= 15 is 0 Å². The molecule has 0 N–H and O–H groups in total. The first kappa shape index (κ1) is 22.3. The molecule has 0 spiro atoms. The van der Waals surface area contributed by atoms with Gasteiger partial charge in [-0.1, -0.05) is 6.07 Å². The predicted molar refractivity (Wildman–Crippen MR) is 118 cm³/mol. The van der Waals surface area contributed by atoms with Crippen LogP contribution in [0, 0.1) is 19.8 Å². The molecule has 3 aromatic heterocycles. The van der Waals surface area contributed by atoms with Crippen LogP contribution in [0.15, 0.2) is 48.9 Å². The van der Waals surface area contributed by atoms with E-state index in [1.165, 1.54) is 6.07 Å². The maximum atomic E-state index is 13.6. The Morgan fingerprint density at radius 1 is 1.09 bits per heavy atom. The van der Waals surface area contributed by atoms with Crippen molar-refractivity contribution < 1.29 is 22.7 Å². The summed E-state index contributed by atoms with van der Waals surface area (Å²) < 4.78 is 44.4. The topological polar surface area (TPSA) is 68.2 Å². The van der Waals surface area contributed by atoms with Crippen LogP contribution in [0.3, 0.4) is 0 Å². The Kier molecular flexibility index (Phi) is 5.50. The monoisotopic (exact) mass is 468 g/mol. The van der Waals surface area contributed by atoms with E-state index in [2.05, 4.69) is 15.0 Å². The summed E-state index contributed by atoms with van der Waals surface area (Å²) in [4.78, 5) is 28.2. The van der Waals surface area contributed by atoms with Crippen molar-refractivity contribution in [3.8, 4) is 17.1 Å². The second-order valence-corrected chi connectivity index (χ2v) is 8.98. The zero-order valence-electron chi connectivity index (χ0n) is 18.7. The largest absolute Gasteiger partial charge is 0.472 e. The van der Waals surface area contributed by atoms with Crippen molar-refractivity contribution in [2.75, 3.05) is 6.54 Å². The molecular formula is C25H23F3N4O2. The molecule has 0 radical (unpaired) electrons. The van der Waals surface area contributed by atoms with Gasteiger partial charge in [-0.15, -0.1) is 0 Å². The summed E-state index contributed by atoms with van der Waals surface area (Å²) in [5.41, 5.74) is 2.79. The van der Waals surface area contributed by atoms with E-state index in [-0.39, 0.29) is 29.9 Å². The van der Waals surface area contributed by atoms with E-state index < -0.39 is 11.7 Å². The minimum atomic E-state index is -4.45. The lowest BCUT2D eigenvalue weighted by Crippen LogP contribution is -2.47. The summed E-state index contributed by atoms with van der Waals surface area (Å²) in [5.74, 6) is 0.191. The third-order valence-electron chi connectivity index (χ3n) is 6.51. The van der Waals surface area contributed by atoms with Crippen molar-refractivity contribution in [2.45, 2.75) is 45.0 Å². The molecule has 2 aliphatic rings. The van der Waals surface area contributed by atoms with Gasteiger partial charge in [0.05, 0.1) is 17.3 Å². The van der Waals surface area contributed by atoms with Gasteiger partial charge in [0, 0.05) is 36.8 Å². The predicted octanol–water partition coefficient (Wildman–Crippen LogP) is 4.86. The molecule has 1 saturated carbocycles. The molecule has 4 heterocycles. The molecule has 0 aromatic carbocycles. The van der Waals surface area contributed by atoms with Crippen molar-refractivity contribution in [3.63, 3.8) is 0 Å². The number of rotatable bonds is 4. The van der Waals surface area contributed by atoms with Gasteiger partial charge >= 0.3 is 6.18 Å². The van der Waals surface area contributed by atoms with Crippen LogP contribution < -0.4 is 4.74 Å². The fourth-order valence-electron chi connectivity index (χ4n) is 4.92. The van der Waals surface area contributed by atoms with Gasteiger partial charge in [-0.2, -0.15) is 13.2 Å². The molecule has 34 heavy (non-hydrogen) atoms. The van der Waals surface area contributed by atoms with Gasteiger partial charge in [-0.3, -0.25) is 14.8 Å². The molecule has 6 nitrogen and oxygen atoms in total. The Labute approximate surface area is 194 Å². The van der Waals surface area contributed by atoms with Gasteiger partial charge in [0.2, 0.25) is 5.88 Å². The number of alkyl halides is 3. The van der Waals surface area contributed by atoms with Crippen LogP contribution in [0.2, 0.25) is 0 Å². The minimum Gasteiger partial charge on any atom is -0.472 e. The number of piperidine rings is 1. The number of fused-ring (bicyclic) bond motifs is 2. The first-order chi connectivity index (χ1) is 16.2. The Morgan fingerprint density at radius 3 is 2.59 bits per heavy atom. The molecule has 1 aliphatic carbocycles. The van der Waals surface area contributed by atoms with Crippen molar-refractivity contribution in [2.24, 2.45) is 5.92 Å². The van der Waals surface area contributed by atoms with Crippen molar-refractivity contribution in [1.82, 2.24) is 19.9 Å². The van der Waals surface area contributed by atoms with Crippen molar-refractivity contribution >= 4 is 5.91 Å². The SMILES string of the molecule is Cc1cnc(C(=O)N2C[C@H]3C[C@@H](Oc4ccc(C(F)(F)F)cn4)[C@@H]2C3)c(-c2ncccc2C)c1. The standard InChI is InChI=1S/C25H23F3N4O2/c1-14-8-18(22-15(2)4-3-7-29-22)23(31-11-14)24(33)32-13-16-9-19(32)20(10-16)34-21-6-5-17(12-30-21)25(26,27)28/h3-8,11-12,16,19-20H,9-10,13H2,1-2H3/t16-,19+,20-/m1/s1. The van der Waals surface area contributed by atoms with Crippen LogP contribution in [0.5, 0.6) is 5.88 Å². The number of carbonyl (C=O) groups excluding carboxylic acids is 1. The number of nitrogens with zero attached hydrogens (tertiary/aromatic N) is 4. The molecule has 1 aliphatic heterocycles. The van der Waals surface area contributed by atoms with Gasteiger partial charge in [0.25, 0.3) is 5.91 Å². The zero-order valence-corrected chi connectivity index (χ0v) is 18.7. The fourth-order valence-corrected chi connectivity index (χ4v) is 4.92. The number of carbonyl (C=O) groups is 1. The van der Waals surface area contributed by atoms with Crippen LogP contribution in [0.1, 0.15) is 40.0 Å². The zero-order chi connectivity index (χ0) is 24.0. The van der Waals surface area contributed by atoms with Crippen LogP contribution >= 0.6 is 0 Å². The number of aryl methyl sites for hydroxylation is 2. The lowest BCUT2D eigenvalue weighted by atomic mass is 10.0. The molecular weight excluding hydrogens is 445 g/mol. The summed E-state index contributed by atoms with van der Waals surface area (Å²) in [5, 5.41) is 0. The molecule has 1 amide bonds. The molecule has 0 unspecified atom stereocenters. The number of hydrogen-bond donors (Lipinski definition) is 0. The Morgan fingerprint density at radius 2 is 1.91 bits per heavy atom. The fraction of sp³-hybridized carbons (Fsp3) is 0.360. The van der Waals surface area contributed by atoms with E-state index in [1.54, 1.807) is 17.3 Å². The summed E-state index contributed by atoms with van der Waals surface area (Å²) in [6, 6.07) is 7.70. The number of pyridine rings is 3. The van der Waals surface area contributed by atoms with Crippen LogP contribution in [-0.4, -0.2) is 44.4 Å². The molecule has 1 saturated heterocycles. The summed E-state index contributed by atoms with van der Waals surface area (Å²) >= 11 is 0. The first-order valence-electron chi connectivity index (χ1n) is 11.1. The van der Waals surface area contributed by atoms with Gasteiger partial charge in [0.15, 0.2) is 0 Å². The lowest BCUT2D eigenvalue weighted by Gasteiger charge is -2.33. The molecule has 5 rings (SSSR count). The number of amides is 1. The normalized spacial score (nSPS) is 21.7. The molecule has 9 heteroatoms. The summed E-state index contributed by atoms with van der Waals surface area (Å²) in [7, 11) is 0. The average Bonchev–Trinajstić information content (AvgIpc) is 3.39. The van der Waals surface area contributed by atoms with Crippen molar-refractivity contribution in [1.29, 1.82) is 0 Å². The average molecular weight is 468 g/mol. The molecule has 3 aromatic rings. The van der Waals surface area contributed by atoms with Gasteiger partial charge in [-0.05, 0) is 61.9 Å². The second kappa shape index (κ2) is 8.38. The van der Waals surface area contributed by atoms with Crippen LogP contribution in [-0.2, 0) is 6.18 Å². The maximum Gasteiger partial charge on any atom is 0.417 e. The summed E-state index contributed by atoms with van der Waals surface area (Å²) in [6.45, 7) is 4.46. The van der Waals surface area contributed by atoms with Crippen LogP contribution in [0.25, 0.3) is 11.3 Å². The number of likely N-dealkylation sites (tertiary alicyclic amines) is 1. The first-order valence-corrected chi connectivity index (χ1v) is 11.1. The molecule has 2 fully saturated rings. The number of ether oxygens (including phenoxy) is 1. The summed E-state index contributed by atoms with van der Waals surface area (Å²) in [6.07, 6.45) is 0.847. The van der Waals surface area contributed by atoms with E-state index in [9.17, 15) is 18.0 Å². The highest BCUT2D eigenvalue weighted by atomic mass is 19.4. The second-order valence-electron chi connectivity index (χ2n) is 8.98. The van der Waals surface area contributed by atoms with E-state index in [1.807, 2.05) is 32.0 Å². The molecule has 3 atom stereocenters. The van der Waals surface area contributed by atoms with Gasteiger partial charge in [-0.25, -0.2) is 4.98 Å². The Bertz CT molecular complexity index is 1230.